The highest BCUT2D eigenvalue weighted by Gasteiger charge is 2.53. The first-order valence-electron chi connectivity index (χ1n) is 26.3. The van der Waals surface area contributed by atoms with Crippen LogP contribution >= 0.6 is 0 Å². The van der Waals surface area contributed by atoms with Crippen molar-refractivity contribution in [1.29, 1.82) is 0 Å². The highest BCUT2D eigenvalue weighted by atomic mass is 16.6. The summed E-state index contributed by atoms with van der Waals surface area (Å²) < 4.78 is 29.6. The maximum Gasteiger partial charge on any atom is 0.329 e. The van der Waals surface area contributed by atoms with Crippen LogP contribution in [0.2, 0.25) is 0 Å². The average Bonchev–Trinajstić information content (AvgIpc) is 3.35. The molecular weight excluding hydrogens is 905 g/mol. The Balaban J connectivity index is 1.48. The van der Waals surface area contributed by atoms with Crippen molar-refractivity contribution in [3.05, 3.63) is 71.9 Å². The predicted molar refractivity (Wildman–Crippen MR) is 274 cm³/mol. The van der Waals surface area contributed by atoms with E-state index in [1.54, 1.807) is 28.1 Å². The summed E-state index contributed by atoms with van der Waals surface area (Å²) in [5.41, 5.74) is 2.35. The third-order valence-corrected chi connectivity index (χ3v) is 15.7. The fourth-order valence-electron chi connectivity index (χ4n) is 11.1. The highest BCUT2D eigenvalue weighted by Crippen LogP contribution is 2.38. The number of allylic oxidation sites excluding steroid dienone is 6. The number of anilines is 1. The molecule has 1 amide bonds. The maximum absolute atomic E-state index is 14.5. The first kappa shape index (κ1) is 57.7. The second-order valence-corrected chi connectivity index (χ2v) is 21.4. The van der Waals surface area contributed by atoms with E-state index in [0.29, 0.717) is 88.4 Å². The van der Waals surface area contributed by atoms with Gasteiger partial charge in [0.1, 0.15) is 30.1 Å². The summed E-state index contributed by atoms with van der Waals surface area (Å²) in [6, 6.07) is 6.20. The normalized spacial score (nSPS) is 37.8. The van der Waals surface area contributed by atoms with Gasteiger partial charge in [-0.2, -0.15) is 0 Å². The zero-order valence-corrected chi connectivity index (χ0v) is 44.2. The summed E-state index contributed by atoms with van der Waals surface area (Å²) in [7, 11) is 4.66. The number of carbonyl (C=O) groups is 4. The van der Waals surface area contributed by atoms with Crippen LogP contribution < -0.4 is 10.1 Å². The van der Waals surface area contributed by atoms with E-state index in [2.05, 4.69) is 12.2 Å². The molecule has 3 aliphatic heterocycles. The summed E-state index contributed by atoms with van der Waals surface area (Å²) in [4.78, 5) is 58.6. The largest absolute Gasteiger partial charge is 0.497 e. The molecule has 0 spiro atoms. The van der Waals surface area contributed by atoms with Gasteiger partial charge in [0.15, 0.2) is 5.78 Å². The second kappa shape index (κ2) is 27.2. The Morgan fingerprint density at radius 2 is 1.61 bits per heavy atom. The number of nitrogens with one attached hydrogen (secondary N) is 1. The van der Waals surface area contributed by atoms with Crippen LogP contribution in [0.25, 0.3) is 0 Å². The monoisotopic (exact) mass is 991 g/mol. The van der Waals surface area contributed by atoms with Gasteiger partial charge >= 0.3 is 5.97 Å². The van der Waals surface area contributed by atoms with E-state index in [1.165, 1.54) is 12.0 Å². The number of cyclic esters (lactones) is 1. The van der Waals surface area contributed by atoms with Gasteiger partial charge in [0.25, 0.3) is 11.7 Å². The van der Waals surface area contributed by atoms with Gasteiger partial charge in [0.2, 0.25) is 5.79 Å². The van der Waals surface area contributed by atoms with Crippen molar-refractivity contribution < 1.29 is 58.2 Å². The lowest BCUT2D eigenvalue weighted by atomic mass is 9.78. The molecular formula is C57H86N2O12. The van der Waals surface area contributed by atoms with Gasteiger partial charge in [0.05, 0.1) is 25.4 Å². The van der Waals surface area contributed by atoms with Crippen molar-refractivity contribution >= 4 is 29.1 Å². The number of benzene rings is 1. The molecule has 15 atom stereocenters. The van der Waals surface area contributed by atoms with Crippen molar-refractivity contribution in [2.75, 3.05) is 33.2 Å². The Labute approximate surface area is 423 Å². The number of Topliss-reactive ketones (excluding diaryl/α,β-unsaturated/α-hetero) is 2. The number of nitrogens with zero attached hydrogens (tertiary/aromatic N) is 1. The Kier molecular flexibility index (Phi) is 22.1. The van der Waals surface area contributed by atoms with E-state index in [4.69, 9.17) is 23.7 Å². The molecule has 0 aromatic heterocycles. The van der Waals surface area contributed by atoms with Crippen LogP contribution in [0.5, 0.6) is 5.75 Å². The molecule has 71 heavy (non-hydrogen) atoms. The summed E-state index contributed by atoms with van der Waals surface area (Å²) in [6.07, 6.45) is 14.9. The third-order valence-electron chi connectivity index (χ3n) is 15.7. The minimum atomic E-state index is -2.42. The van der Waals surface area contributed by atoms with Gasteiger partial charge in [-0.1, -0.05) is 82.7 Å². The number of ketones is 2. The molecule has 0 radical (unpaired) electrons. The van der Waals surface area contributed by atoms with E-state index < -0.39 is 65.9 Å². The number of hydrogen-bond acceptors (Lipinski definition) is 13. The number of methoxy groups -OCH3 is 3. The molecule has 4 aliphatic rings. The fraction of sp³-hybridized carbons (Fsp3) is 0.684. The topological polar surface area (TPSA) is 190 Å². The number of aliphatic hydroxyl groups is 3. The summed E-state index contributed by atoms with van der Waals surface area (Å²) in [6.45, 7) is 13.6. The van der Waals surface area contributed by atoms with Crippen molar-refractivity contribution in [2.45, 2.75) is 186 Å². The van der Waals surface area contributed by atoms with Gasteiger partial charge in [-0.25, -0.2) is 4.79 Å². The summed E-state index contributed by atoms with van der Waals surface area (Å²) in [5.74, 6) is -5.58. The van der Waals surface area contributed by atoms with Crippen LogP contribution in [0.15, 0.2) is 71.9 Å². The van der Waals surface area contributed by atoms with Crippen LogP contribution in [-0.4, -0.2) is 126 Å². The Hall–Kier alpha value is -4.18. The number of rotatable bonds is 8. The molecule has 4 N–H and O–H groups in total. The van der Waals surface area contributed by atoms with E-state index in [0.717, 1.165) is 17.7 Å². The van der Waals surface area contributed by atoms with E-state index in [-0.39, 0.29) is 54.1 Å². The zero-order chi connectivity index (χ0) is 52.0. The number of esters is 1. The summed E-state index contributed by atoms with van der Waals surface area (Å²) in [5, 5.41) is 37.9. The third kappa shape index (κ3) is 15.7. The van der Waals surface area contributed by atoms with Crippen LogP contribution in [-0.2, 0) is 38.1 Å². The molecule has 2 saturated heterocycles. The van der Waals surface area contributed by atoms with Gasteiger partial charge in [0, 0.05) is 50.4 Å². The quantitative estimate of drug-likeness (QED) is 0.110. The molecule has 1 aromatic rings. The first-order valence-corrected chi connectivity index (χ1v) is 26.3. The molecule has 1 aromatic carbocycles. The Morgan fingerprint density at radius 1 is 0.845 bits per heavy atom. The van der Waals surface area contributed by atoms with Crippen molar-refractivity contribution in [3.63, 3.8) is 0 Å². The average molecular weight is 991 g/mol. The molecule has 1 saturated carbocycles. The molecule has 3 unspecified atom stereocenters. The molecule has 14 nitrogen and oxygen atoms in total. The number of piperidine rings is 1. The number of hydrogen-bond donors (Lipinski definition) is 4. The maximum atomic E-state index is 14.5. The van der Waals surface area contributed by atoms with Gasteiger partial charge in [-0.15, -0.1) is 0 Å². The number of ether oxygens (including phenoxy) is 5. The zero-order valence-electron chi connectivity index (χ0n) is 44.2. The highest BCUT2D eigenvalue weighted by molar-refractivity contribution is 6.39. The fourth-order valence-corrected chi connectivity index (χ4v) is 11.1. The van der Waals surface area contributed by atoms with Crippen molar-refractivity contribution in [1.82, 2.24) is 4.90 Å². The minimum absolute atomic E-state index is 0.0454. The van der Waals surface area contributed by atoms with Gasteiger partial charge in [-0.3, -0.25) is 14.4 Å². The lowest BCUT2D eigenvalue weighted by Gasteiger charge is -2.43. The van der Waals surface area contributed by atoms with Crippen LogP contribution in [0.1, 0.15) is 132 Å². The van der Waals surface area contributed by atoms with Crippen molar-refractivity contribution in [2.24, 2.45) is 35.5 Å². The van der Waals surface area contributed by atoms with Crippen LogP contribution in [0.4, 0.5) is 5.69 Å². The number of carbonyl (C=O) groups excluding carboxylic acids is 4. The van der Waals surface area contributed by atoms with Crippen LogP contribution in [0, 0.1) is 35.5 Å². The Morgan fingerprint density at radius 3 is 2.32 bits per heavy atom. The molecule has 3 fully saturated rings. The second-order valence-electron chi connectivity index (χ2n) is 21.4. The first-order chi connectivity index (χ1) is 33.8. The molecule has 1 aliphatic carbocycles. The minimum Gasteiger partial charge on any atom is -0.497 e. The van der Waals surface area contributed by atoms with E-state index >= 15 is 0 Å². The smallest absolute Gasteiger partial charge is 0.329 e. The van der Waals surface area contributed by atoms with E-state index in [9.17, 15) is 34.5 Å². The number of aliphatic hydroxyl groups excluding tert-OH is 2. The standard InChI is InChI=1S/C57H86N2O12/c1-35-17-12-11-13-18-37(3)46(58-43-19-16-20-44(33-43)67-8)34-45-25-23-41(7)57(66,71-45)54(63)55(64)59-28-15-14-21-47(59)56(65)70-49(38(4)31-42-24-26-48(60)50(32-42)68-9)27-22-36(2)30-40(6)52(62)53(69-10)51(61)39(5)29-35/h11-13,16-20,30,33,35-36,38-39,41-42,45-50,52-53,58,60,62,66H,14-15,21-29,31-32,34H2,1-10H3/b13-11+,17-12+,37-18+,40-30+/t35-,36+,38-,39-,41-,42+,45?,46?,47?,48-,49+,50-,52-,53+,57-/m1/s1. The number of fused-ring (bicyclic) bond motifs is 3. The molecule has 14 heteroatoms. The molecule has 396 valence electrons. The predicted octanol–water partition coefficient (Wildman–Crippen LogP) is 8.48. The Bertz CT molecular complexity index is 2050. The molecule has 3 heterocycles. The van der Waals surface area contributed by atoms with Crippen LogP contribution in [0.3, 0.4) is 0 Å². The lowest BCUT2D eigenvalue weighted by Crippen LogP contribution is -2.61. The molecule has 5 rings (SSSR count). The lowest BCUT2D eigenvalue weighted by molar-refractivity contribution is -0.263. The van der Waals surface area contributed by atoms with Gasteiger partial charge < -0.3 is 49.2 Å². The van der Waals surface area contributed by atoms with Gasteiger partial charge in [-0.05, 0) is 139 Å². The summed E-state index contributed by atoms with van der Waals surface area (Å²) >= 11 is 0. The number of amides is 1. The SMILES string of the molecule is COc1cccc(NC2CC3CC[C@@H](C)[C@@](O)(O3)C(=O)C(=O)N3CCCCC3C(=O)O[C@H]([C@H](C)C[C@@H]3CC[C@@H](O)[C@H](OC)C3)CC[C@H](C)/C=C(\C)[C@@H](O)[C@@H](OC)C(=O)[C@H](C)C[C@H](C)/C=C/C=C/C=C/2C)c1. The molecule has 2 bridgehead atoms. The van der Waals surface area contributed by atoms with Crippen molar-refractivity contribution in [3.8, 4) is 5.75 Å². The van der Waals surface area contributed by atoms with E-state index in [1.807, 2.05) is 88.4 Å².